The molecule has 0 N–H and O–H groups in total. The quantitative estimate of drug-likeness (QED) is 0.399. The van der Waals surface area contributed by atoms with Crippen LogP contribution in [0.2, 0.25) is 0 Å². The number of Topliss-reactive ketones (excluding diaryl/α,β-unsaturated/α-hetero) is 1. The van der Waals surface area contributed by atoms with Gasteiger partial charge in [0.15, 0.2) is 11.9 Å². The van der Waals surface area contributed by atoms with Gasteiger partial charge in [-0.3, -0.25) is 19.2 Å². The van der Waals surface area contributed by atoms with Crippen molar-refractivity contribution in [2.24, 2.45) is 17.3 Å². The maximum absolute atomic E-state index is 14.4. The molecule has 1 aromatic rings. The van der Waals surface area contributed by atoms with Crippen molar-refractivity contribution in [2.75, 3.05) is 6.61 Å². The topological polar surface area (TPSA) is 132 Å². The zero-order chi connectivity index (χ0) is 28.0. The van der Waals surface area contributed by atoms with Gasteiger partial charge < -0.3 is 23.7 Å². The van der Waals surface area contributed by atoms with Crippen molar-refractivity contribution < 1.29 is 47.7 Å². The normalized spacial score (nSPS) is 35.0. The fourth-order valence-corrected chi connectivity index (χ4v) is 6.89. The molecule has 4 rings (SSSR count). The maximum atomic E-state index is 14.4. The molecule has 10 heteroatoms. The Morgan fingerprint density at radius 3 is 2.13 bits per heavy atom. The summed E-state index contributed by atoms with van der Waals surface area (Å²) in [5.41, 5.74) is -4.14. The molecule has 0 radical (unpaired) electrons. The first-order chi connectivity index (χ1) is 17.8. The Hall–Kier alpha value is -3.27. The van der Waals surface area contributed by atoms with Crippen molar-refractivity contribution >= 4 is 29.7 Å². The van der Waals surface area contributed by atoms with Crippen molar-refractivity contribution in [3.05, 3.63) is 35.9 Å². The number of hydrogen-bond donors (Lipinski definition) is 0. The summed E-state index contributed by atoms with van der Waals surface area (Å²) in [4.78, 5) is 64.5. The molecule has 0 unspecified atom stereocenters. The second-order valence-electron chi connectivity index (χ2n) is 11.0. The van der Waals surface area contributed by atoms with E-state index in [1.54, 1.807) is 44.2 Å². The van der Waals surface area contributed by atoms with E-state index in [0.717, 1.165) is 0 Å². The van der Waals surface area contributed by atoms with Crippen LogP contribution < -0.4 is 0 Å². The first-order valence-corrected chi connectivity index (χ1v) is 12.8. The third-order valence-corrected chi connectivity index (χ3v) is 8.18. The molecule has 1 heterocycles. The maximum Gasteiger partial charge on any atom is 0.338 e. The Balaban J connectivity index is 1.99. The van der Waals surface area contributed by atoms with Crippen LogP contribution in [-0.4, -0.2) is 65.8 Å². The Morgan fingerprint density at radius 1 is 0.921 bits per heavy atom. The lowest BCUT2D eigenvalue weighted by molar-refractivity contribution is -0.296. The summed E-state index contributed by atoms with van der Waals surface area (Å²) in [6.45, 7) is 8.50. The van der Waals surface area contributed by atoms with Gasteiger partial charge in [-0.25, -0.2) is 4.79 Å². The minimum absolute atomic E-state index is 0.208. The van der Waals surface area contributed by atoms with Crippen LogP contribution >= 0.6 is 0 Å². The van der Waals surface area contributed by atoms with E-state index < -0.39 is 77.1 Å². The van der Waals surface area contributed by atoms with Gasteiger partial charge in [-0.05, 0) is 44.7 Å². The van der Waals surface area contributed by atoms with Crippen molar-refractivity contribution in [3.8, 4) is 0 Å². The minimum Gasteiger partial charge on any atom is -0.465 e. The number of benzene rings is 1. The van der Waals surface area contributed by atoms with Crippen LogP contribution in [0.15, 0.2) is 30.3 Å². The van der Waals surface area contributed by atoms with Crippen molar-refractivity contribution in [1.82, 2.24) is 0 Å². The molecule has 1 spiro atoms. The first-order valence-electron chi connectivity index (χ1n) is 12.8. The molecule has 1 aliphatic heterocycles. The highest BCUT2D eigenvalue weighted by molar-refractivity contribution is 5.96. The molecular weight excluding hydrogens is 496 g/mol. The molecule has 7 atom stereocenters. The molecule has 3 fully saturated rings. The van der Waals surface area contributed by atoms with Gasteiger partial charge >= 0.3 is 23.9 Å². The molecular formula is C28H34O10. The fourth-order valence-electron chi connectivity index (χ4n) is 6.89. The third kappa shape index (κ3) is 4.19. The average Bonchev–Trinajstić information content (AvgIpc) is 3.03. The molecule has 1 saturated heterocycles. The molecule has 2 aliphatic carbocycles. The zero-order valence-electron chi connectivity index (χ0n) is 22.5. The van der Waals surface area contributed by atoms with Crippen LogP contribution in [0.5, 0.6) is 0 Å². The third-order valence-electron chi connectivity index (χ3n) is 8.18. The smallest absolute Gasteiger partial charge is 0.338 e. The standard InChI is InChI=1S/C28H34O10/c1-15-12-13-20(35-17(3)30)27(14-34-16(2)29)24(37-25(33)19-10-8-7-9-11-19)22(32)21-23(36-18(4)31)28(15,27)38-26(21,5)6/h7-11,15,20-21,23-24H,12-14H2,1-6H3/t15-,20+,21-,23+,24-,27+,28-/m1/s1. The predicted molar refractivity (Wildman–Crippen MR) is 131 cm³/mol. The van der Waals surface area contributed by atoms with E-state index in [9.17, 15) is 24.0 Å². The number of carbonyl (C=O) groups is 5. The monoisotopic (exact) mass is 530 g/mol. The number of ether oxygens (including phenoxy) is 5. The lowest BCUT2D eigenvalue weighted by atomic mass is 9.48. The Kier molecular flexibility index (Phi) is 7.16. The van der Waals surface area contributed by atoms with Crippen LogP contribution in [0, 0.1) is 17.3 Å². The van der Waals surface area contributed by atoms with E-state index in [1.165, 1.54) is 20.8 Å². The molecule has 206 valence electrons. The van der Waals surface area contributed by atoms with E-state index >= 15 is 0 Å². The highest BCUT2D eigenvalue weighted by Crippen LogP contribution is 2.67. The largest absolute Gasteiger partial charge is 0.465 e. The van der Waals surface area contributed by atoms with Gasteiger partial charge in [-0.2, -0.15) is 0 Å². The Morgan fingerprint density at radius 2 is 1.55 bits per heavy atom. The van der Waals surface area contributed by atoms with Crippen LogP contribution in [0.3, 0.4) is 0 Å². The molecule has 1 aromatic carbocycles. The molecule has 10 nitrogen and oxygen atoms in total. The fraction of sp³-hybridized carbons (Fsp3) is 0.607. The number of rotatable bonds is 6. The zero-order valence-corrected chi connectivity index (χ0v) is 22.5. The molecule has 0 amide bonds. The number of hydrogen-bond acceptors (Lipinski definition) is 10. The summed E-state index contributed by atoms with van der Waals surface area (Å²) in [6, 6.07) is 8.15. The number of esters is 4. The highest BCUT2D eigenvalue weighted by Gasteiger charge is 2.83. The van der Waals surface area contributed by atoms with E-state index in [0.29, 0.717) is 6.42 Å². The summed E-state index contributed by atoms with van der Waals surface area (Å²) in [7, 11) is 0. The van der Waals surface area contributed by atoms with E-state index in [2.05, 4.69) is 0 Å². The van der Waals surface area contributed by atoms with Gasteiger partial charge in [0.1, 0.15) is 29.8 Å². The summed E-state index contributed by atoms with van der Waals surface area (Å²) >= 11 is 0. The van der Waals surface area contributed by atoms with Gasteiger partial charge in [0, 0.05) is 20.8 Å². The second kappa shape index (κ2) is 9.80. The molecule has 3 aliphatic rings. The van der Waals surface area contributed by atoms with Crippen molar-refractivity contribution in [1.29, 1.82) is 0 Å². The van der Waals surface area contributed by atoms with Crippen LogP contribution in [0.1, 0.15) is 64.7 Å². The summed E-state index contributed by atoms with van der Waals surface area (Å²) in [5, 5.41) is 0. The van der Waals surface area contributed by atoms with Crippen molar-refractivity contribution in [3.63, 3.8) is 0 Å². The SMILES string of the molecule is CC(=O)OC[C@@]12[C@@H](OC(C)=O)CC[C@@H](C)[C@]13OC(C)(C)[C@H](C(=O)[C@H]2OC(=O)c1ccccc1)[C@@H]3OC(C)=O. The number of carbonyl (C=O) groups excluding carboxylic acids is 5. The van der Waals surface area contributed by atoms with Gasteiger partial charge in [0.2, 0.25) is 0 Å². The molecule has 2 saturated carbocycles. The van der Waals surface area contributed by atoms with E-state index in [4.69, 9.17) is 23.7 Å². The predicted octanol–water partition coefficient (Wildman–Crippen LogP) is 2.80. The average molecular weight is 531 g/mol. The van der Waals surface area contributed by atoms with E-state index in [1.807, 2.05) is 6.92 Å². The van der Waals surface area contributed by atoms with Gasteiger partial charge in [0.25, 0.3) is 0 Å². The Bertz CT molecular complexity index is 1140. The lowest BCUT2D eigenvalue weighted by Gasteiger charge is -2.61. The minimum atomic E-state index is -1.70. The van der Waals surface area contributed by atoms with Crippen LogP contribution in [0.4, 0.5) is 0 Å². The van der Waals surface area contributed by atoms with Crippen LogP contribution in [-0.2, 0) is 42.9 Å². The lowest BCUT2D eigenvalue weighted by Crippen LogP contribution is -2.78. The Labute approximate surface area is 221 Å². The number of ketones is 1. The van der Waals surface area contributed by atoms with Crippen molar-refractivity contribution in [2.45, 2.75) is 83.9 Å². The number of fused-ring (bicyclic) bond motifs is 1. The van der Waals surface area contributed by atoms with Gasteiger partial charge in [-0.1, -0.05) is 25.1 Å². The van der Waals surface area contributed by atoms with Gasteiger partial charge in [0.05, 0.1) is 17.1 Å². The summed E-state index contributed by atoms with van der Waals surface area (Å²) in [6.07, 6.45) is -2.93. The summed E-state index contributed by atoms with van der Waals surface area (Å²) < 4.78 is 29.9. The highest BCUT2D eigenvalue weighted by atomic mass is 16.6. The van der Waals surface area contributed by atoms with Crippen LogP contribution in [0.25, 0.3) is 0 Å². The molecule has 0 aromatic heterocycles. The summed E-state index contributed by atoms with van der Waals surface area (Å²) in [5.74, 6) is -4.62. The molecule has 38 heavy (non-hydrogen) atoms. The first kappa shape index (κ1) is 27.8. The van der Waals surface area contributed by atoms with Gasteiger partial charge in [-0.15, -0.1) is 0 Å². The van der Waals surface area contributed by atoms with E-state index in [-0.39, 0.29) is 17.9 Å². The molecule has 2 bridgehead atoms. The second-order valence-corrected chi connectivity index (χ2v) is 11.0.